The average molecular weight is 397 g/mol. The highest BCUT2D eigenvalue weighted by molar-refractivity contribution is 6.14. The third-order valence-electron chi connectivity index (χ3n) is 4.29. The van der Waals surface area contributed by atoms with Crippen LogP contribution < -0.4 is 5.32 Å². The number of hydrogen-bond donors (Lipinski definition) is 3. The molecule has 1 saturated heterocycles. The smallest absolute Gasteiger partial charge is 0.310 e. The van der Waals surface area contributed by atoms with Gasteiger partial charge in [-0.3, -0.25) is 25.0 Å². The molecule has 10 heteroatoms. The number of carbonyl (C=O) groups is 1. The predicted molar refractivity (Wildman–Crippen MR) is 103 cm³/mol. The van der Waals surface area contributed by atoms with Crippen molar-refractivity contribution in [2.75, 3.05) is 13.1 Å². The Kier molecular flexibility index (Phi) is 5.37. The molecule has 3 N–H and O–H groups in total. The monoisotopic (exact) mass is 397 g/mol. The van der Waals surface area contributed by atoms with Crippen molar-refractivity contribution in [3.8, 4) is 11.5 Å². The van der Waals surface area contributed by atoms with Crippen LogP contribution in [0, 0.1) is 20.2 Å². The Morgan fingerprint density at radius 3 is 1.59 bits per heavy atom. The van der Waals surface area contributed by atoms with Gasteiger partial charge in [0.05, 0.1) is 9.85 Å². The van der Waals surface area contributed by atoms with Gasteiger partial charge < -0.3 is 15.5 Å². The molecule has 148 valence electrons. The number of piperidine rings is 1. The van der Waals surface area contributed by atoms with E-state index in [1.165, 1.54) is 36.4 Å². The molecular formula is C19H15N3O7. The van der Waals surface area contributed by atoms with E-state index in [4.69, 9.17) is 0 Å². The molecule has 0 amide bonds. The van der Waals surface area contributed by atoms with Gasteiger partial charge in [0.25, 0.3) is 0 Å². The van der Waals surface area contributed by atoms with Gasteiger partial charge in [-0.25, -0.2) is 0 Å². The second-order valence-corrected chi connectivity index (χ2v) is 6.28. The standard InChI is InChI=1S/C19H15N3O7/c23-17-7-11(1-3-15(17)21(26)27)5-13-9-20-10-14(19(13)25)6-12-2-4-16(22(28)29)18(24)8-12/h1-8,20,23-24H,9-10H2/b13-5+,14-6+. The van der Waals surface area contributed by atoms with Crippen molar-refractivity contribution in [2.24, 2.45) is 0 Å². The van der Waals surface area contributed by atoms with E-state index < -0.39 is 32.7 Å². The lowest BCUT2D eigenvalue weighted by Gasteiger charge is -2.18. The van der Waals surface area contributed by atoms with Crippen molar-refractivity contribution in [1.29, 1.82) is 0 Å². The summed E-state index contributed by atoms with van der Waals surface area (Å²) in [5.41, 5.74) is 0.737. The molecule has 0 bridgehead atoms. The number of nitro groups is 2. The molecule has 2 aromatic rings. The van der Waals surface area contributed by atoms with E-state index in [2.05, 4.69) is 5.32 Å². The summed E-state index contributed by atoms with van der Waals surface area (Å²) >= 11 is 0. The number of benzene rings is 2. The van der Waals surface area contributed by atoms with Gasteiger partial charge in [0.15, 0.2) is 17.3 Å². The summed E-state index contributed by atoms with van der Waals surface area (Å²) in [4.78, 5) is 32.9. The Hall–Kier alpha value is -4.05. The summed E-state index contributed by atoms with van der Waals surface area (Å²) < 4.78 is 0. The van der Waals surface area contributed by atoms with E-state index in [1.54, 1.807) is 0 Å². The topological polar surface area (TPSA) is 156 Å². The number of rotatable bonds is 4. The average Bonchev–Trinajstić information content (AvgIpc) is 2.64. The zero-order valence-electron chi connectivity index (χ0n) is 14.9. The van der Waals surface area contributed by atoms with Gasteiger partial charge in [0.1, 0.15) is 0 Å². The van der Waals surface area contributed by atoms with E-state index >= 15 is 0 Å². The van der Waals surface area contributed by atoms with Crippen LogP contribution >= 0.6 is 0 Å². The molecule has 0 saturated carbocycles. The second kappa shape index (κ2) is 7.90. The van der Waals surface area contributed by atoms with Gasteiger partial charge in [0, 0.05) is 36.4 Å². The number of Topliss-reactive ketones (excluding diaryl/α,β-unsaturated/α-hetero) is 1. The molecule has 0 spiro atoms. The molecule has 10 nitrogen and oxygen atoms in total. The molecule has 0 unspecified atom stereocenters. The van der Waals surface area contributed by atoms with Crippen LogP contribution in [0.3, 0.4) is 0 Å². The summed E-state index contributed by atoms with van der Waals surface area (Å²) in [5, 5.41) is 44.1. The van der Waals surface area contributed by atoms with E-state index in [1.807, 2.05) is 0 Å². The van der Waals surface area contributed by atoms with Crippen LogP contribution in [0.15, 0.2) is 47.5 Å². The van der Waals surface area contributed by atoms with Gasteiger partial charge in [-0.1, -0.05) is 0 Å². The van der Waals surface area contributed by atoms with Crippen LogP contribution in [0.1, 0.15) is 11.1 Å². The molecule has 2 aromatic carbocycles. The van der Waals surface area contributed by atoms with Crippen molar-refractivity contribution >= 4 is 29.3 Å². The zero-order chi connectivity index (χ0) is 21.1. The molecule has 0 radical (unpaired) electrons. The minimum Gasteiger partial charge on any atom is -0.502 e. The molecule has 0 atom stereocenters. The number of ketones is 1. The van der Waals surface area contributed by atoms with E-state index in [9.17, 15) is 35.2 Å². The summed E-state index contributed by atoms with van der Waals surface area (Å²) in [6, 6.07) is 7.54. The number of phenols is 2. The molecule has 1 aliphatic heterocycles. The summed E-state index contributed by atoms with van der Waals surface area (Å²) in [5.74, 6) is -1.28. The maximum atomic E-state index is 12.7. The Balaban J connectivity index is 1.88. The van der Waals surface area contributed by atoms with Crippen molar-refractivity contribution in [1.82, 2.24) is 5.32 Å². The maximum absolute atomic E-state index is 12.7. The lowest BCUT2D eigenvalue weighted by Crippen LogP contribution is -2.32. The van der Waals surface area contributed by atoms with Gasteiger partial charge >= 0.3 is 11.4 Å². The SMILES string of the molecule is O=C1/C(=C/c2ccc([N+](=O)[O-])c(O)c2)CNC/C1=C\c1ccc([N+](=O)[O-])c(O)c1. The first-order valence-electron chi connectivity index (χ1n) is 8.37. The molecule has 1 fully saturated rings. The van der Waals surface area contributed by atoms with Gasteiger partial charge in [0.2, 0.25) is 0 Å². The predicted octanol–water partition coefficient (Wildman–Crippen LogP) is 2.55. The number of nitro benzene ring substituents is 2. The van der Waals surface area contributed by atoms with Crippen LogP contribution in [-0.2, 0) is 4.79 Å². The highest BCUT2D eigenvalue weighted by atomic mass is 16.6. The first kappa shape index (κ1) is 19.7. The lowest BCUT2D eigenvalue weighted by molar-refractivity contribution is -0.386. The highest BCUT2D eigenvalue weighted by Crippen LogP contribution is 2.29. The highest BCUT2D eigenvalue weighted by Gasteiger charge is 2.21. The largest absolute Gasteiger partial charge is 0.502 e. The van der Waals surface area contributed by atoms with E-state index in [0.29, 0.717) is 22.3 Å². The first-order valence-corrected chi connectivity index (χ1v) is 8.37. The maximum Gasteiger partial charge on any atom is 0.310 e. The number of aromatic hydroxyl groups is 2. The van der Waals surface area contributed by atoms with Crippen molar-refractivity contribution < 1.29 is 24.9 Å². The fraction of sp³-hybridized carbons (Fsp3) is 0.105. The Morgan fingerprint density at radius 2 is 1.24 bits per heavy atom. The zero-order valence-corrected chi connectivity index (χ0v) is 14.9. The molecule has 0 aliphatic carbocycles. The minimum atomic E-state index is -0.708. The fourth-order valence-electron chi connectivity index (χ4n) is 2.90. The molecule has 0 aromatic heterocycles. The van der Waals surface area contributed by atoms with Crippen LogP contribution in [0.25, 0.3) is 12.2 Å². The third kappa shape index (κ3) is 4.28. The van der Waals surface area contributed by atoms with Crippen LogP contribution in [-0.4, -0.2) is 38.9 Å². The number of carbonyl (C=O) groups excluding carboxylic acids is 1. The minimum absolute atomic E-state index is 0.263. The van der Waals surface area contributed by atoms with Gasteiger partial charge in [-0.05, 0) is 47.5 Å². The third-order valence-corrected chi connectivity index (χ3v) is 4.29. The Morgan fingerprint density at radius 1 is 0.828 bits per heavy atom. The first-order chi connectivity index (χ1) is 13.8. The van der Waals surface area contributed by atoms with Crippen molar-refractivity contribution in [3.63, 3.8) is 0 Å². The summed E-state index contributed by atoms with van der Waals surface area (Å²) in [7, 11) is 0. The molecule has 1 heterocycles. The van der Waals surface area contributed by atoms with Crippen LogP contribution in [0.5, 0.6) is 11.5 Å². The molecule has 1 aliphatic rings. The van der Waals surface area contributed by atoms with Crippen LogP contribution in [0.4, 0.5) is 11.4 Å². The molecule has 29 heavy (non-hydrogen) atoms. The normalized spacial score (nSPS) is 16.9. The number of nitrogens with zero attached hydrogens (tertiary/aromatic N) is 2. The van der Waals surface area contributed by atoms with Gasteiger partial charge in [-0.2, -0.15) is 0 Å². The number of phenolic OH excluding ortho intramolecular Hbond substituents is 2. The van der Waals surface area contributed by atoms with E-state index in [0.717, 1.165) is 12.1 Å². The second-order valence-electron chi connectivity index (χ2n) is 6.28. The van der Waals surface area contributed by atoms with Gasteiger partial charge in [-0.15, -0.1) is 0 Å². The molecular weight excluding hydrogens is 382 g/mol. The van der Waals surface area contributed by atoms with E-state index in [-0.39, 0.29) is 18.9 Å². The lowest BCUT2D eigenvalue weighted by atomic mass is 9.95. The molecule has 3 rings (SSSR count). The Labute approximate surface area is 163 Å². The summed E-state index contributed by atoms with van der Waals surface area (Å²) in [6.07, 6.45) is 3.03. The fourth-order valence-corrected chi connectivity index (χ4v) is 2.90. The Bertz CT molecular complexity index is 1010. The number of nitrogens with one attached hydrogen (secondary N) is 1. The van der Waals surface area contributed by atoms with Crippen molar-refractivity contribution in [3.05, 3.63) is 78.9 Å². The van der Waals surface area contributed by atoms with Crippen LogP contribution in [0.2, 0.25) is 0 Å². The quantitative estimate of drug-likeness (QED) is 0.404. The summed E-state index contributed by atoms with van der Waals surface area (Å²) in [6.45, 7) is 0.527. The number of hydrogen-bond acceptors (Lipinski definition) is 8. The van der Waals surface area contributed by atoms with Crippen molar-refractivity contribution in [2.45, 2.75) is 0 Å².